The number of hydrogen-bond donors (Lipinski definition) is 2. The van der Waals surface area contributed by atoms with Gasteiger partial charge in [0.15, 0.2) is 0 Å². The Morgan fingerprint density at radius 2 is 1.45 bits per heavy atom. The molecule has 6 nitrogen and oxygen atoms in total. The number of alkyl halides is 3. The van der Waals surface area contributed by atoms with E-state index in [2.05, 4.69) is 4.74 Å². The topological polar surface area (TPSA) is 76.7 Å². The number of amides is 2. The summed E-state index contributed by atoms with van der Waals surface area (Å²) in [6, 6.07) is 5.93. The van der Waals surface area contributed by atoms with Gasteiger partial charge < -0.3 is 14.8 Å². The lowest BCUT2D eigenvalue weighted by Crippen LogP contribution is -2.69. The van der Waals surface area contributed by atoms with Crippen LogP contribution in [0.4, 0.5) is 32.4 Å². The number of ether oxygens (including phenoxy) is 2. The number of rotatable bonds is 6. The minimum Gasteiger partial charge on any atom is -0.461 e. The number of esters is 1. The average Bonchev–Trinajstić information content (AvgIpc) is 2.64. The van der Waals surface area contributed by atoms with Gasteiger partial charge in [0.25, 0.3) is 0 Å². The molecule has 156 valence electrons. The first-order valence-electron chi connectivity index (χ1n) is 8.10. The van der Waals surface area contributed by atoms with E-state index in [4.69, 9.17) is 4.74 Å². The third kappa shape index (κ3) is 5.33. The smallest absolute Gasteiger partial charge is 0.460 e. The Balaban J connectivity index is 2.37. The van der Waals surface area contributed by atoms with Crippen molar-refractivity contribution < 1.29 is 41.0 Å². The van der Waals surface area contributed by atoms with Crippen molar-refractivity contribution in [3.05, 3.63) is 60.2 Å². The number of benzene rings is 2. The van der Waals surface area contributed by atoms with Gasteiger partial charge in [-0.3, -0.25) is 5.32 Å². The Morgan fingerprint density at radius 3 is 1.93 bits per heavy atom. The molecular formula is C18H15F5N2O4. The van der Waals surface area contributed by atoms with E-state index in [1.165, 1.54) is 12.2 Å². The third-order valence-electron chi connectivity index (χ3n) is 3.44. The molecule has 29 heavy (non-hydrogen) atoms. The van der Waals surface area contributed by atoms with Crippen LogP contribution in [0.25, 0.3) is 0 Å². The average molecular weight is 418 g/mol. The monoisotopic (exact) mass is 418 g/mol. The van der Waals surface area contributed by atoms with Crippen molar-refractivity contribution in [2.45, 2.75) is 18.8 Å². The molecule has 1 atom stereocenters. The maximum absolute atomic E-state index is 13.9. The Labute approximate surface area is 161 Å². The highest BCUT2D eigenvalue weighted by Gasteiger charge is 2.66. The second-order valence-corrected chi connectivity index (χ2v) is 5.54. The highest BCUT2D eigenvalue weighted by molar-refractivity contribution is 5.94. The molecule has 0 fully saturated rings. The third-order valence-corrected chi connectivity index (χ3v) is 3.44. The van der Waals surface area contributed by atoms with Crippen LogP contribution < -0.4 is 15.4 Å². The summed E-state index contributed by atoms with van der Waals surface area (Å²) in [6.45, 7) is 0.820. The highest BCUT2D eigenvalue weighted by atomic mass is 19.4. The zero-order chi connectivity index (χ0) is 21.7. The molecule has 2 rings (SSSR count). The molecule has 2 aromatic carbocycles. The fourth-order valence-corrected chi connectivity index (χ4v) is 2.13. The first-order chi connectivity index (χ1) is 13.6. The van der Waals surface area contributed by atoms with Crippen molar-refractivity contribution in [2.75, 3.05) is 11.9 Å². The van der Waals surface area contributed by atoms with Crippen LogP contribution in [-0.2, 0) is 9.53 Å². The molecule has 0 aromatic heterocycles. The molecule has 2 amide bonds. The van der Waals surface area contributed by atoms with E-state index >= 15 is 0 Å². The standard InChI is InChI=1S/C18H15F5N2O4/c1-2-28-15(26)17(18(21,22)23,29-14-9-5-12(20)6-10-14)25-16(27)24-13-7-3-11(19)4-8-13/h3-10H,2H2,1H3,(H2,24,25,27). The number of halogens is 5. The zero-order valence-corrected chi connectivity index (χ0v) is 14.8. The lowest BCUT2D eigenvalue weighted by Gasteiger charge is -2.33. The summed E-state index contributed by atoms with van der Waals surface area (Å²) in [5, 5.41) is 3.45. The van der Waals surface area contributed by atoms with E-state index in [0.29, 0.717) is 0 Å². The minimum absolute atomic E-state index is 0.0504. The molecule has 0 saturated heterocycles. The molecule has 1 unspecified atom stereocenters. The van der Waals surface area contributed by atoms with Crippen LogP contribution in [0.1, 0.15) is 6.92 Å². The number of urea groups is 1. The number of carbonyl (C=O) groups is 2. The van der Waals surface area contributed by atoms with E-state index < -0.39 is 47.9 Å². The number of anilines is 1. The van der Waals surface area contributed by atoms with Crippen LogP contribution in [0.15, 0.2) is 48.5 Å². The summed E-state index contributed by atoms with van der Waals surface area (Å²) in [7, 11) is 0. The Hall–Kier alpha value is -3.37. The predicted molar refractivity (Wildman–Crippen MR) is 91.0 cm³/mol. The molecule has 0 heterocycles. The second kappa shape index (κ2) is 8.76. The zero-order valence-electron chi connectivity index (χ0n) is 14.8. The molecule has 0 aliphatic rings. The minimum atomic E-state index is -5.46. The lowest BCUT2D eigenvalue weighted by atomic mass is 10.2. The summed E-state index contributed by atoms with van der Waals surface area (Å²) in [5.41, 5.74) is -3.98. The number of nitrogens with one attached hydrogen (secondary N) is 2. The van der Waals surface area contributed by atoms with Crippen LogP contribution in [0.3, 0.4) is 0 Å². The summed E-state index contributed by atoms with van der Waals surface area (Å²) in [4.78, 5) is 24.3. The predicted octanol–water partition coefficient (Wildman–Crippen LogP) is 3.99. The first kappa shape index (κ1) is 21.9. The number of hydrogen-bond acceptors (Lipinski definition) is 4. The molecule has 0 spiro atoms. The number of carbonyl (C=O) groups excluding carboxylic acids is 2. The van der Waals surface area contributed by atoms with Crippen LogP contribution in [-0.4, -0.2) is 30.5 Å². The van der Waals surface area contributed by atoms with Gasteiger partial charge in [-0.15, -0.1) is 0 Å². The maximum atomic E-state index is 13.9. The highest BCUT2D eigenvalue weighted by Crippen LogP contribution is 2.34. The van der Waals surface area contributed by atoms with Crippen LogP contribution in [0, 0.1) is 11.6 Å². The van der Waals surface area contributed by atoms with E-state index in [1.54, 1.807) is 0 Å². The molecule has 11 heteroatoms. The van der Waals surface area contributed by atoms with Gasteiger partial charge in [0.1, 0.15) is 17.4 Å². The Kier molecular flexibility index (Phi) is 6.62. The van der Waals surface area contributed by atoms with Gasteiger partial charge in [-0.2, -0.15) is 13.2 Å². The van der Waals surface area contributed by atoms with E-state index in [9.17, 15) is 31.5 Å². The second-order valence-electron chi connectivity index (χ2n) is 5.54. The largest absolute Gasteiger partial charge is 0.461 e. The summed E-state index contributed by atoms with van der Waals surface area (Å²) >= 11 is 0. The van der Waals surface area contributed by atoms with E-state index in [-0.39, 0.29) is 5.69 Å². The van der Waals surface area contributed by atoms with E-state index in [0.717, 1.165) is 48.5 Å². The SMILES string of the molecule is CCOC(=O)C(NC(=O)Nc1ccc(F)cc1)(Oc1ccc(F)cc1)C(F)(F)F. The van der Waals surface area contributed by atoms with Crippen LogP contribution >= 0.6 is 0 Å². The first-order valence-corrected chi connectivity index (χ1v) is 8.10. The Bertz CT molecular complexity index is 856. The van der Waals surface area contributed by atoms with Crippen molar-refractivity contribution >= 4 is 17.7 Å². The molecular weight excluding hydrogens is 403 g/mol. The Morgan fingerprint density at radius 1 is 0.931 bits per heavy atom. The van der Waals surface area contributed by atoms with Crippen LogP contribution in [0.2, 0.25) is 0 Å². The van der Waals surface area contributed by atoms with Gasteiger partial charge in [0.05, 0.1) is 6.61 Å². The molecule has 0 radical (unpaired) electrons. The van der Waals surface area contributed by atoms with E-state index in [1.807, 2.05) is 5.32 Å². The molecule has 2 aromatic rings. The van der Waals surface area contributed by atoms with Crippen molar-refractivity contribution in [2.24, 2.45) is 0 Å². The van der Waals surface area contributed by atoms with Gasteiger partial charge >= 0.3 is 23.9 Å². The fourth-order valence-electron chi connectivity index (χ4n) is 2.13. The van der Waals surface area contributed by atoms with Gasteiger partial charge in [-0.05, 0) is 55.5 Å². The van der Waals surface area contributed by atoms with Gasteiger partial charge in [-0.1, -0.05) is 0 Å². The molecule has 0 bridgehead atoms. The van der Waals surface area contributed by atoms with Crippen molar-refractivity contribution in [3.63, 3.8) is 0 Å². The van der Waals surface area contributed by atoms with Gasteiger partial charge in [0, 0.05) is 5.69 Å². The fraction of sp³-hybridized carbons (Fsp3) is 0.222. The van der Waals surface area contributed by atoms with Crippen LogP contribution in [0.5, 0.6) is 5.75 Å². The van der Waals surface area contributed by atoms with Gasteiger partial charge in [-0.25, -0.2) is 18.4 Å². The molecule has 0 aliphatic heterocycles. The molecule has 2 N–H and O–H groups in total. The summed E-state index contributed by atoms with van der Waals surface area (Å²) in [5.74, 6) is -3.88. The van der Waals surface area contributed by atoms with Gasteiger partial charge in [0.2, 0.25) is 0 Å². The van der Waals surface area contributed by atoms with Crippen molar-refractivity contribution in [1.29, 1.82) is 0 Å². The lowest BCUT2D eigenvalue weighted by molar-refractivity contribution is -0.259. The normalized spacial score (nSPS) is 13.2. The maximum Gasteiger partial charge on any atom is 0.460 e. The van der Waals surface area contributed by atoms with Crippen molar-refractivity contribution in [1.82, 2.24) is 5.32 Å². The molecule has 0 aliphatic carbocycles. The molecule has 0 saturated carbocycles. The van der Waals surface area contributed by atoms with Crippen molar-refractivity contribution in [3.8, 4) is 5.75 Å². The quantitative estimate of drug-likeness (QED) is 0.423. The summed E-state index contributed by atoms with van der Waals surface area (Å²) in [6.07, 6.45) is -5.46. The summed E-state index contributed by atoms with van der Waals surface area (Å²) < 4.78 is 76.8.